The molecule has 0 aliphatic heterocycles. The van der Waals surface area contributed by atoms with Gasteiger partial charge in [0.2, 0.25) is 11.6 Å². The van der Waals surface area contributed by atoms with Gasteiger partial charge in [-0.1, -0.05) is 41.9 Å². The molecule has 2 aromatic carbocycles. The molecule has 0 aliphatic carbocycles. The van der Waals surface area contributed by atoms with E-state index >= 15 is 0 Å². The van der Waals surface area contributed by atoms with Crippen molar-refractivity contribution in [1.82, 2.24) is 0 Å². The molecule has 0 radical (unpaired) electrons. The van der Waals surface area contributed by atoms with Crippen LogP contribution in [0.4, 0.5) is 0 Å². The maximum absolute atomic E-state index is 12.0. The second-order valence-electron chi connectivity index (χ2n) is 4.05. The molecule has 0 amide bonds. The average Bonchev–Trinajstić information content (AvgIpc) is 2.56. The van der Waals surface area contributed by atoms with E-state index in [1.807, 2.05) is 13.8 Å². The Balaban J connectivity index is 0.00000116. The number of carboxylic acids is 1. The number of benzene rings is 2. The van der Waals surface area contributed by atoms with Crippen LogP contribution >= 0.6 is 15.9 Å². The van der Waals surface area contributed by atoms with E-state index in [0.29, 0.717) is 5.56 Å². The monoisotopic (exact) mass is 362 g/mol. The summed E-state index contributed by atoms with van der Waals surface area (Å²) in [6.07, 6.45) is 0. The van der Waals surface area contributed by atoms with Gasteiger partial charge in [0.05, 0.1) is 5.56 Å². The molecule has 1 N–H and O–H groups in total. The molecule has 0 fully saturated rings. The largest absolute Gasteiger partial charge is 0.478 e. The molecular weight excluding hydrogens is 348 g/mol. The maximum Gasteiger partial charge on any atom is 0.335 e. The second-order valence-corrected chi connectivity index (χ2v) is 4.96. The predicted octanol–water partition coefficient (Wildman–Crippen LogP) is 4.24. The first kappa shape index (κ1) is 17.8. The lowest BCUT2D eigenvalue weighted by atomic mass is 10.0. The number of carbonyl (C=O) groups is 3. The van der Waals surface area contributed by atoms with Crippen LogP contribution in [0.15, 0.2) is 53.0 Å². The number of hydrogen-bond acceptors (Lipinski definition) is 3. The molecule has 114 valence electrons. The summed E-state index contributed by atoms with van der Waals surface area (Å²) in [6, 6.07) is 11.7. The number of carbonyl (C=O) groups excluding carboxylic acids is 2. The normalized spacial score (nSPS) is 9.41. The van der Waals surface area contributed by atoms with Gasteiger partial charge in [-0.25, -0.2) is 4.79 Å². The number of aromatic carboxylic acids is 1. The third kappa shape index (κ3) is 4.36. The Morgan fingerprint density at radius 1 is 0.727 bits per heavy atom. The summed E-state index contributed by atoms with van der Waals surface area (Å²) in [7, 11) is 0. The lowest BCUT2D eigenvalue weighted by molar-refractivity contribution is 0.0696. The van der Waals surface area contributed by atoms with Crippen molar-refractivity contribution in [2.24, 2.45) is 0 Å². The topological polar surface area (TPSA) is 71.4 Å². The van der Waals surface area contributed by atoms with Crippen LogP contribution < -0.4 is 0 Å². The van der Waals surface area contributed by atoms with E-state index in [1.54, 1.807) is 24.3 Å². The molecule has 0 saturated carbocycles. The molecule has 0 heterocycles. The van der Waals surface area contributed by atoms with Crippen LogP contribution in [0.3, 0.4) is 0 Å². The smallest absolute Gasteiger partial charge is 0.335 e. The Morgan fingerprint density at radius 3 is 1.41 bits per heavy atom. The summed E-state index contributed by atoms with van der Waals surface area (Å²) in [5, 5.41) is 8.77. The minimum absolute atomic E-state index is 0.0673. The number of rotatable bonds is 4. The van der Waals surface area contributed by atoms with Gasteiger partial charge in [0.25, 0.3) is 0 Å². The summed E-state index contributed by atoms with van der Waals surface area (Å²) in [6.45, 7) is 4.00. The molecule has 0 saturated heterocycles. The van der Waals surface area contributed by atoms with Crippen LogP contribution in [0.25, 0.3) is 0 Å². The molecule has 4 nitrogen and oxygen atoms in total. The predicted molar refractivity (Wildman–Crippen MR) is 87.6 cm³/mol. The third-order valence-electron chi connectivity index (χ3n) is 2.71. The standard InChI is InChI=1S/C15H9BrO4.C2H6/c16-12-7-5-10(6-8-12)14(18)13(17)9-1-3-11(4-2-9)15(19)20;1-2/h1-8H,(H,19,20);1-2H3. The maximum atomic E-state index is 12.0. The quantitative estimate of drug-likeness (QED) is 0.652. The number of hydrogen-bond donors (Lipinski definition) is 1. The van der Waals surface area contributed by atoms with Crippen molar-refractivity contribution >= 4 is 33.5 Å². The van der Waals surface area contributed by atoms with Crippen LogP contribution in [0.2, 0.25) is 0 Å². The van der Waals surface area contributed by atoms with Crippen molar-refractivity contribution in [2.75, 3.05) is 0 Å². The van der Waals surface area contributed by atoms with Crippen molar-refractivity contribution in [3.05, 3.63) is 69.7 Å². The van der Waals surface area contributed by atoms with E-state index in [2.05, 4.69) is 15.9 Å². The second kappa shape index (κ2) is 8.24. The van der Waals surface area contributed by atoms with Crippen molar-refractivity contribution in [2.45, 2.75) is 13.8 Å². The summed E-state index contributed by atoms with van der Waals surface area (Å²) in [4.78, 5) is 34.7. The first-order chi connectivity index (χ1) is 10.5. The highest BCUT2D eigenvalue weighted by Gasteiger charge is 2.18. The van der Waals surface area contributed by atoms with Gasteiger partial charge in [0.1, 0.15) is 0 Å². The minimum atomic E-state index is -1.08. The molecule has 0 aromatic heterocycles. The molecule has 0 spiro atoms. The highest BCUT2D eigenvalue weighted by Crippen LogP contribution is 2.13. The SMILES string of the molecule is CC.O=C(O)c1ccc(C(=O)C(=O)c2ccc(Br)cc2)cc1. The lowest BCUT2D eigenvalue weighted by Gasteiger charge is -2.02. The van der Waals surface area contributed by atoms with E-state index in [-0.39, 0.29) is 11.1 Å². The Kier molecular flexibility index (Phi) is 6.66. The Morgan fingerprint density at radius 2 is 1.05 bits per heavy atom. The van der Waals surface area contributed by atoms with Gasteiger partial charge in [0.15, 0.2) is 0 Å². The van der Waals surface area contributed by atoms with Crippen molar-refractivity contribution in [3.8, 4) is 0 Å². The first-order valence-corrected chi connectivity index (χ1v) is 7.46. The molecule has 0 bridgehead atoms. The van der Waals surface area contributed by atoms with Crippen molar-refractivity contribution in [1.29, 1.82) is 0 Å². The fourth-order valence-corrected chi connectivity index (χ4v) is 1.89. The van der Waals surface area contributed by atoms with Crippen LogP contribution in [-0.4, -0.2) is 22.6 Å². The number of carboxylic acid groups (broad SMARTS) is 1. The van der Waals surface area contributed by atoms with Crippen LogP contribution in [0, 0.1) is 0 Å². The third-order valence-corrected chi connectivity index (χ3v) is 3.24. The zero-order valence-corrected chi connectivity index (χ0v) is 13.8. The zero-order chi connectivity index (χ0) is 16.7. The first-order valence-electron chi connectivity index (χ1n) is 6.67. The Bertz CT molecular complexity index is 673. The number of ketones is 2. The van der Waals surface area contributed by atoms with Gasteiger partial charge in [-0.3, -0.25) is 9.59 Å². The van der Waals surface area contributed by atoms with Gasteiger partial charge < -0.3 is 5.11 Å². The van der Waals surface area contributed by atoms with Gasteiger partial charge in [-0.15, -0.1) is 0 Å². The van der Waals surface area contributed by atoms with E-state index in [4.69, 9.17) is 5.11 Å². The molecule has 5 heteroatoms. The van der Waals surface area contributed by atoms with E-state index in [9.17, 15) is 14.4 Å². The van der Waals surface area contributed by atoms with Gasteiger partial charge in [-0.2, -0.15) is 0 Å². The van der Waals surface area contributed by atoms with Gasteiger partial charge in [-0.05, 0) is 36.4 Å². The lowest BCUT2D eigenvalue weighted by Crippen LogP contribution is -2.14. The van der Waals surface area contributed by atoms with E-state index in [0.717, 1.165) is 4.47 Å². The molecule has 2 rings (SSSR count). The van der Waals surface area contributed by atoms with Crippen molar-refractivity contribution < 1.29 is 19.5 Å². The molecule has 0 atom stereocenters. The summed E-state index contributed by atoms with van der Waals surface area (Å²) in [5.41, 5.74) is 0.529. The average molecular weight is 363 g/mol. The fraction of sp³-hybridized carbons (Fsp3) is 0.118. The number of Topliss-reactive ketones (excluding diaryl/α,β-unsaturated/α-hetero) is 2. The molecular formula is C17H15BrO4. The van der Waals surface area contributed by atoms with Gasteiger partial charge in [0, 0.05) is 15.6 Å². The summed E-state index contributed by atoms with van der Waals surface area (Å²) >= 11 is 3.25. The zero-order valence-electron chi connectivity index (χ0n) is 12.2. The van der Waals surface area contributed by atoms with E-state index in [1.165, 1.54) is 24.3 Å². The fourth-order valence-electron chi connectivity index (χ4n) is 1.63. The number of halogens is 1. The highest BCUT2D eigenvalue weighted by molar-refractivity contribution is 9.10. The molecule has 22 heavy (non-hydrogen) atoms. The summed E-state index contributed by atoms with van der Waals surface area (Å²) < 4.78 is 0.812. The molecule has 0 unspecified atom stereocenters. The van der Waals surface area contributed by atoms with Gasteiger partial charge >= 0.3 is 5.97 Å². The van der Waals surface area contributed by atoms with E-state index < -0.39 is 17.5 Å². The molecule has 0 aliphatic rings. The minimum Gasteiger partial charge on any atom is -0.478 e. The van der Waals surface area contributed by atoms with Crippen LogP contribution in [0.1, 0.15) is 44.9 Å². The summed E-state index contributed by atoms with van der Waals surface area (Å²) in [5.74, 6) is -2.37. The highest BCUT2D eigenvalue weighted by atomic mass is 79.9. The Hall–Kier alpha value is -2.27. The Labute approximate surface area is 136 Å². The van der Waals surface area contributed by atoms with Crippen LogP contribution in [0.5, 0.6) is 0 Å². The molecule has 2 aromatic rings. The van der Waals surface area contributed by atoms with Crippen molar-refractivity contribution in [3.63, 3.8) is 0 Å². The van der Waals surface area contributed by atoms with Crippen LogP contribution in [-0.2, 0) is 0 Å².